The van der Waals surface area contributed by atoms with Gasteiger partial charge in [0.1, 0.15) is 5.75 Å². The van der Waals surface area contributed by atoms with Crippen molar-refractivity contribution >= 4 is 17.5 Å². The average molecular weight is 669 g/mol. The van der Waals surface area contributed by atoms with Gasteiger partial charge in [0.2, 0.25) is 11.8 Å². The maximum atomic E-state index is 14.5. The molecule has 6 rings (SSSR count). The van der Waals surface area contributed by atoms with E-state index in [-0.39, 0.29) is 29.8 Å². The van der Waals surface area contributed by atoms with Gasteiger partial charge in [-0.15, -0.1) is 0 Å². The van der Waals surface area contributed by atoms with E-state index in [2.05, 4.69) is 84.7 Å². The van der Waals surface area contributed by atoms with Crippen molar-refractivity contribution in [1.82, 2.24) is 15.1 Å². The lowest BCUT2D eigenvalue weighted by Gasteiger charge is -2.36. The standard InChI is InChI=1S/C41H56N4O4/c1-28(2)45-27-36(25-42-45)34-6-5-7-38(24-34)44(26-31-8-10-32(11-9-31)35-14-17-39(48-4)29(3)22-35)41(47)33-12-15-37(16-13-33)43-40(46)23-30-18-20-49-21-19-30/h5-7,14,17,22,24-25,27-28,30-33,37H,8-13,15-16,18-21,23,26H2,1-4H3,(H,43,46)/t31-,32-,33-,37-. The van der Waals surface area contributed by atoms with Gasteiger partial charge in [0.25, 0.3) is 0 Å². The van der Waals surface area contributed by atoms with Crippen LogP contribution in [0.2, 0.25) is 0 Å². The van der Waals surface area contributed by atoms with Crippen molar-refractivity contribution in [2.24, 2.45) is 17.8 Å². The SMILES string of the molecule is COc1ccc([C@H]2CC[C@H](CN(c3cccc(-c4cnn(C(C)C)c4)c3)C(=O)[C@H]3CC[C@H](NC(=O)CC4CCOCC4)CC3)CC2)cc1C. The number of nitrogens with zero attached hydrogens (tertiary/aromatic N) is 3. The van der Waals surface area contributed by atoms with Gasteiger partial charge in [0.05, 0.1) is 13.3 Å². The minimum Gasteiger partial charge on any atom is -0.496 e. The highest BCUT2D eigenvalue weighted by molar-refractivity contribution is 5.95. The fraction of sp³-hybridized carbons (Fsp3) is 0.585. The van der Waals surface area contributed by atoms with E-state index in [1.54, 1.807) is 7.11 Å². The Morgan fingerprint density at radius 2 is 1.69 bits per heavy atom. The molecule has 1 aromatic heterocycles. The van der Waals surface area contributed by atoms with E-state index in [4.69, 9.17) is 9.47 Å². The molecule has 0 bridgehead atoms. The first-order chi connectivity index (χ1) is 23.8. The smallest absolute Gasteiger partial charge is 0.230 e. The van der Waals surface area contributed by atoms with Crippen LogP contribution in [-0.4, -0.2) is 54.5 Å². The quantitative estimate of drug-likeness (QED) is 0.223. The molecular formula is C41H56N4O4. The van der Waals surface area contributed by atoms with Crippen molar-refractivity contribution in [2.45, 2.75) is 109 Å². The number of aromatic nitrogens is 2. The van der Waals surface area contributed by atoms with Crippen LogP contribution in [-0.2, 0) is 14.3 Å². The third kappa shape index (κ3) is 8.94. The number of methoxy groups -OCH3 is 1. The van der Waals surface area contributed by atoms with Gasteiger partial charge in [-0.1, -0.05) is 24.3 Å². The van der Waals surface area contributed by atoms with Crippen LogP contribution in [0.25, 0.3) is 11.1 Å². The highest BCUT2D eigenvalue weighted by Gasteiger charge is 2.33. The molecule has 3 aromatic rings. The summed E-state index contributed by atoms with van der Waals surface area (Å²) in [5.74, 6) is 2.71. The van der Waals surface area contributed by atoms with Gasteiger partial charge in [0, 0.05) is 61.6 Å². The molecule has 8 heteroatoms. The van der Waals surface area contributed by atoms with Crippen molar-refractivity contribution in [3.8, 4) is 16.9 Å². The molecule has 1 aliphatic heterocycles. The molecule has 0 radical (unpaired) electrons. The molecule has 0 atom stereocenters. The summed E-state index contributed by atoms with van der Waals surface area (Å²) in [6.45, 7) is 8.64. The zero-order valence-corrected chi connectivity index (χ0v) is 30.0. The number of aryl methyl sites for hydroxylation is 1. The van der Waals surface area contributed by atoms with Gasteiger partial charge >= 0.3 is 0 Å². The number of nitrogens with one attached hydrogen (secondary N) is 1. The molecule has 2 amide bonds. The van der Waals surface area contributed by atoms with Crippen molar-refractivity contribution < 1.29 is 19.1 Å². The Bertz CT molecular complexity index is 1540. The maximum absolute atomic E-state index is 14.5. The molecule has 3 fully saturated rings. The fourth-order valence-corrected chi connectivity index (χ4v) is 8.24. The third-order valence-corrected chi connectivity index (χ3v) is 11.3. The lowest BCUT2D eigenvalue weighted by Crippen LogP contribution is -2.44. The fourth-order valence-electron chi connectivity index (χ4n) is 8.24. The Kier molecular flexibility index (Phi) is 11.8. The van der Waals surface area contributed by atoms with E-state index in [1.165, 1.54) is 11.1 Å². The molecule has 2 heterocycles. The number of hydrogen-bond acceptors (Lipinski definition) is 5. The normalized spacial score (nSPS) is 23.3. The van der Waals surface area contributed by atoms with E-state index in [9.17, 15) is 9.59 Å². The second kappa shape index (κ2) is 16.4. The zero-order chi connectivity index (χ0) is 34.3. The summed E-state index contributed by atoms with van der Waals surface area (Å²) in [5.41, 5.74) is 5.70. The predicted octanol–water partition coefficient (Wildman–Crippen LogP) is 8.25. The molecular weight excluding hydrogens is 612 g/mol. The van der Waals surface area contributed by atoms with Gasteiger partial charge in [-0.3, -0.25) is 14.3 Å². The van der Waals surface area contributed by atoms with Crippen molar-refractivity contribution in [3.05, 3.63) is 66.0 Å². The van der Waals surface area contributed by atoms with Gasteiger partial charge in [-0.2, -0.15) is 5.10 Å². The number of ether oxygens (including phenoxy) is 2. The van der Waals surface area contributed by atoms with Crippen LogP contribution < -0.4 is 15.0 Å². The number of amides is 2. The van der Waals surface area contributed by atoms with Crippen molar-refractivity contribution in [3.63, 3.8) is 0 Å². The molecule has 0 unspecified atom stereocenters. The zero-order valence-electron chi connectivity index (χ0n) is 30.0. The number of carbonyl (C=O) groups is 2. The Labute approximate surface area is 292 Å². The van der Waals surface area contributed by atoms with E-state index in [1.807, 2.05) is 10.9 Å². The molecule has 8 nitrogen and oxygen atoms in total. The topological polar surface area (TPSA) is 85.7 Å². The van der Waals surface area contributed by atoms with Crippen LogP contribution >= 0.6 is 0 Å². The van der Waals surface area contributed by atoms with Crippen molar-refractivity contribution in [2.75, 3.05) is 31.8 Å². The summed E-state index contributed by atoms with van der Waals surface area (Å²) in [6.07, 6.45) is 14.3. The second-order valence-corrected chi connectivity index (χ2v) is 15.1. The summed E-state index contributed by atoms with van der Waals surface area (Å²) >= 11 is 0. The summed E-state index contributed by atoms with van der Waals surface area (Å²) in [4.78, 5) is 29.4. The maximum Gasteiger partial charge on any atom is 0.230 e. The molecule has 2 aromatic carbocycles. The number of anilines is 1. The van der Waals surface area contributed by atoms with Crippen LogP contribution in [0.15, 0.2) is 54.9 Å². The number of benzene rings is 2. The van der Waals surface area contributed by atoms with E-state index in [0.717, 1.165) is 107 Å². The second-order valence-electron chi connectivity index (χ2n) is 15.1. The van der Waals surface area contributed by atoms with Crippen LogP contribution in [0.4, 0.5) is 5.69 Å². The van der Waals surface area contributed by atoms with E-state index >= 15 is 0 Å². The molecule has 2 aliphatic carbocycles. The van der Waals surface area contributed by atoms with Crippen LogP contribution in [0.1, 0.15) is 108 Å². The van der Waals surface area contributed by atoms with Crippen LogP contribution in [0.3, 0.4) is 0 Å². The first-order valence-corrected chi connectivity index (χ1v) is 18.7. The molecule has 49 heavy (non-hydrogen) atoms. The minimum absolute atomic E-state index is 0.0328. The third-order valence-electron chi connectivity index (χ3n) is 11.3. The molecule has 2 saturated carbocycles. The van der Waals surface area contributed by atoms with Gasteiger partial charge < -0.3 is 19.7 Å². The lowest BCUT2D eigenvalue weighted by atomic mass is 9.78. The number of rotatable bonds is 11. The Morgan fingerprint density at radius 1 is 0.939 bits per heavy atom. The summed E-state index contributed by atoms with van der Waals surface area (Å²) in [5, 5.41) is 7.87. The number of carbonyl (C=O) groups excluding carboxylic acids is 2. The molecule has 1 saturated heterocycles. The van der Waals surface area contributed by atoms with Gasteiger partial charge in [-0.05, 0) is 138 Å². The average Bonchev–Trinajstić information content (AvgIpc) is 3.63. The Balaban J connectivity index is 1.13. The molecule has 264 valence electrons. The van der Waals surface area contributed by atoms with Crippen molar-refractivity contribution in [1.29, 1.82) is 0 Å². The Morgan fingerprint density at radius 3 is 2.37 bits per heavy atom. The minimum atomic E-state index is -0.0328. The van der Waals surface area contributed by atoms with Gasteiger partial charge in [0.15, 0.2) is 0 Å². The highest BCUT2D eigenvalue weighted by Crippen LogP contribution is 2.39. The predicted molar refractivity (Wildman–Crippen MR) is 195 cm³/mol. The first-order valence-electron chi connectivity index (χ1n) is 18.7. The molecule has 0 spiro atoms. The van der Waals surface area contributed by atoms with Crippen LogP contribution in [0.5, 0.6) is 5.75 Å². The van der Waals surface area contributed by atoms with E-state index < -0.39 is 0 Å². The molecule has 1 N–H and O–H groups in total. The summed E-state index contributed by atoms with van der Waals surface area (Å²) in [7, 11) is 1.73. The number of hydrogen-bond donors (Lipinski definition) is 1. The highest BCUT2D eigenvalue weighted by atomic mass is 16.5. The largest absolute Gasteiger partial charge is 0.496 e. The van der Waals surface area contributed by atoms with Gasteiger partial charge in [-0.25, -0.2) is 0 Å². The summed E-state index contributed by atoms with van der Waals surface area (Å²) in [6, 6.07) is 15.5. The Hall–Kier alpha value is -3.65. The summed E-state index contributed by atoms with van der Waals surface area (Å²) < 4.78 is 12.9. The monoisotopic (exact) mass is 668 g/mol. The van der Waals surface area contributed by atoms with E-state index in [0.29, 0.717) is 24.2 Å². The van der Waals surface area contributed by atoms with Crippen LogP contribution in [0, 0.1) is 24.7 Å². The molecule has 3 aliphatic rings. The lowest BCUT2D eigenvalue weighted by molar-refractivity contribution is -0.124. The first kappa shape index (κ1) is 35.2.